The number of hydrogen-bond acceptors (Lipinski definition) is 1. The number of rotatable bonds is 7. The van der Waals surface area contributed by atoms with Gasteiger partial charge in [-0.15, -0.1) is 0 Å². The fraction of sp³-hybridized carbons (Fsp3) is 0.650. The van der Waals surface area contributed by atoms with Crippen LogP contribution in [-0.2, 0) is 11.2 Å². The first-order chi connectivity index (χ1) is 10.1. The van der Waals surface area contributed by atoms with E-state index in [1.54, 1.807) is 0 Å². The normalized spacial score (nSPS) is 34.0. The lowest BCUT2D eigenvalue weighted by atomic mass is 9.89. The maximum Gasteiger partial charge on any atom is 0.134 e. The number of fused-ring (bicyclic) bond motifs is 1. The summed E-state index contributed by atoms with van der Waals surface area (Å²) in [6.45, 7) is 4.65. The molecule has 0 radical (unpaired) electrons. The van der Waals surface area contributed by atoms with E-state index in [2.05, 4.69) is 44.2 Å². The fourth-order valence-corrected chi connectivity index (χ4v) is 5.19. The smallest absolute Gasteiger partial charge is 0.134 e. The zero-order valence-corrected chi connectivity index (χ0v) is 13.5. The zero-order chi connectivity index (χ0) is 14.9. The van der Waals surface area contributed by atoms with E-state index < -0.39 is 0 Å². The van der Waals surface area contributed by atoms with Crippen molar-refractivity contribution >= 4 is 5.78 Å². The molecule has 2 fully saturated rings. The Balaban J connectivity index is 1.64. The van der Waals surface area contributed by atoms with Crippen LogP contribution < -0.4 is 0 Å². The van der Waals surface area contributed by atoms with Crippen molar-refractivity contribution in [2.75, 3.05) is 0 Å². The molecule has 0 aliphatic heterocycles. The Morgan fingerprint density at radius 1 is 1.14 bits per heavy atom. The predicted octanol–water partition coefficient (Wildman–Crippen LogP) is 5.18. The van der Waals surface area contributed by atoms with Crippen molar-refractivity contribution in [1.82, 2.24) is 0 Å². The van der Waals surface area contributed by atoms with Gasteiger partial charge in [0.05, 0.1) is 0 Å². The number of unbranched alkanes of at least 4 members (excludes halogenated alkanes) is 2. The van der Waals surface area contributed by atoms with Gasteiger partial charge in [0.15, 0.2) is 0 Å². The summed E-state index contributed by atoms with van der Waals surface area (Å²) in [6.07, 6.45) is 9.33. The Morgan fingerprint density at radius 3 is 2.62 bits per heavy atom. The molecule has 0 heterocycles. The number of carbonyl (C=O) groups is 1. The highest BCUT2D eigenvalue weighted by molar-refractivity contribution is 5.85. The molecule has 0 aromatic heterocycles. The molecule has 1 aromatic carbocycles. The van der Waals surface area contributed by atoms with Gasteiger partial charge in [-0.25, -0.2) is 0 Å². The van der Waals surface area contributed by atoms with Crippen LogP contribution in [0.15, 0.2) is 30.3 Å². The monoisotopic (exact) mass is 284 g/mol. The molecular formula is C20H28O. The maximum absolute atomic E-state index is 11.9. The van der Waals surface area contributed by atoms with Gasteiger partial charge in [0.2, 0.25) is 0 Å². The van der Waals surface area contributed by atoms with Gasteiger partial charge in [-0.05, 0) is 41.6 Å². The van der Waals surface area contributed by atoms with E-state index in [1.807, 2.05) is 0 Å². The van der Waals surface area contributed by atoms with Crippen molar-refractivity contribution in [3.63, 3.8) is 0 Å². The fourth-order valence-electron chi connectivity index (χ4n) is 5.19. The molecule has 1 heteroatoms. The summed E-state index contributed by atoms with van der Waals surface area (Å²) in [7, 11) is 0. The van der Waals surface area contributed by atoms with Gasteiger partial charge < -0.3 is 0 Å². The van der Waals surface area contributed by atoms with E-state index in [0.717, 1.165) is 18.8 Å². The first-order valence-electron chi connectivity index (χ1n) is 8.68. The first-order valence-corrected chi connectivity index (χ1v) is 8.68. The standard InChI is InChI=1S/C20H28O/c1-3-4-8-13-20-15-17(21)14-19(20,2)18(20)12-11-16-9-6-5-7-10-16/h5-7,9-10,18H,3-4,8,11-15H2,1-2H3/t18-,19-,20+/m0/s1. The minimum Gasteiger partial charge on any atom is -0.300 e. The summed E-state index contributed by atoms with van der Waals surface area (Å²) >= 11 is 0. The van der Waals surface area contributed by atoms with Crippen molar-refractivity contribution in [2.45, 2.75) is 65.2 Å². The number of Topliss-reactive ketones (excluding diaryl/α,β-unsaturated/α-hetero) is 1. The Hall–Kier alpha value is -1.11. The molecule has 114 valence electrons. The quantitative estimate of drug-likeness (QED) is 0.630. The Bertz CT molecular complexity index is 506. The molecule has 0 saturated heterocycles. The van der Waals surface area contributed by atoms with Crippen LogP contribution in [-0.4, -0.2) is 5.78 Å². The molecule has 0 spiro atoms. The lowest BCUT2D eigenvalue weighted by Crippen LogP contribution is -2.08. The molecule has 2 saturated carbocycles. The van der Waals surface area contributed by atoms with Gasteiger partial charge in [-0.1, -0.05) is 63.4 Å². The van der Waals surface area contributed by atoms with Gasteiger partial charge in [-0.2, -0.15) is 0 Å². The molecule has 21 heavy (non-hydrogen) atoms. The average molecular weight is 284 g/mol. The summed E-state index contributed by atoms with van der Waals surface area (Å²) in [5.41, 5.74) is 2.14. The van der Waals surface area contributed by atoms with Crippen LogP contribution in [0.3, 0.4) is 0 Å². The molecule has 1 nitrogen and oxygen atoms in total. The molecule has 0 bridgehead atoms. The summed E-state index contributed by atoms with van der Waals surface area (Å²) in [5.74, 6) is 1.30. The van der Waals surface area contributed by atoms with E-state index in [0.29, 0.717) is 16.6 Å². The second-order valence-electron chi connectivity index (χ2n) is 7.50. The van der Waals surface area contributed by atoms with Gasteiger partial charge in [0, 0.05) is 12.8 Å². The molecule has 0 amide bonds. The third-order valence-electron chi connectivity index (χ3n) is 6.36. The predicted molar refractivity (Wildman–Crippen MR) is 87.2 cm³/mol. The maximum atomic E-state index is 11.9. The average Bonchev–Trinajstić information content (AvgIpc) is 2.79. The Morgan fingerprint density at radius 2 is 1.90 bits per heavy atom. The third kappa shape index (κ3) is 2.45. The first kappa shape index (κ1) is 14.8. The van der Waals surface area contributed by atoms with Crippen LogP contribution in [0.4, 0.5) is 0 Å². The summed E-state index contributed by atoms with van der Waals surface area (Å²) in [4.78, 5) is 11.9. The van der Waals surface area contributed by atoms with Gasteiger partial charge in [0.1, 0.15) is 5.78 Å². The lowest BCUT2D eigenvalue weighted by Gasteiger charge is -2.14. The molecule has 2 aliphatic rings. The minimum atomic E-state index is 0.326. The molecule has 0 unspecified atom stereocenters. The minimum absolute atomic E-state index is 0.326. The Labute approximate surface area is 129 Å². The summed E-state index contributed by atoms with van der Waals surface area (Å²) < 4.78 is 0. The summed E-state index contributed by atoms with van der Waals surface area (Å²) in [5, 5.41) is 0. The lowest BCUT2D eigenvalue weighted by molar-refractivity contribution is -0.119. The van der Waals surface area contributed by atoms with Crippen molar-refractivity contribution in [3.8, 4) is 0 Å². The van der Waals surface area contributed by atoms with E-state index in [1.165, 1.54) is 44.1 Å². The summed E-state index contributed by atoms with van der Waals surface area (Å²) in [6, 6.07) is 10.8. The molecule has 0 N–H and O–H groups in total. The van der Waals surface area contributed by atoms with E-state index in [9.17, 15) is 4.79 Å². The number of aryl methyl sites for hydroxylation is 1. The van der Waals surface area contributed by atoms with Crippen LogP contribution in [0.1, 0.15) is 64.4 Å². The number of hydrogen-bond donors (Lipinski definition) is 0. The van der Waals surface area contributed by atoms with Crippen molar-refractivity contribution in [3.05, 3.63) is 35.9 Å². The van der Waals surface area contributed by atoms with E-state index in [4.69, 9.17) is 0 Å². The zero-order valence-electron chi connectivity index (χ0n) is 13.5. The van der Waals surface area contributed by atoms with Crippen LogP contribution in [0.25, 0.3) is 0 Å². The van der Waals surface area contributed by atoms with E-state index >= 15 is 0 Å². The van der Waals surface area contributed by atoms with Crippen molar-refractivity contribution < 1.29 is 4.79 Å². The van der Waals surface area contributed by atoms with Crippen LogP contribution in [0, 0.1) is 16.7 Å². The highest BCUT2D eigenvalue weighted by atomic mass is 16.1. The second kappa shape index (κ2) is 5.59. The third-order valence-corrected chi connectivity index (χ3v) is 6.36. The van der Waals surface area contributed by atoms with Crippen LogP contribution in [0.2, 0.25) is 0 Å². The number of carbonyl (C=O) groups excluding carboxylic acids is 1. The Kier molecular flexibility index (Phi) is 3.94. The SMILES string of the molecule is CCCCC[C@]12CC(=O)C[C@@]1(C)[C@@H]2CCc1ccccc1. The highest BCUT2D eigenvalue weighted by Crippen LogP contribution is 2.79. The van der Waals surface area contributed by atoms with Crippen LogP contribution in [0.5, 0.6) is 0 Å². The number of ketones is 1. The molecule has 2 aliphatic carbocycles. The van der Waals surface area contributed by atoms with Crippen molar-refractivity contribution in [1.29, 1.82) is 0 Å². The van der Waals surface area contributed by atoms with Gasteiger partial charge >= 0.3 is 0 Å². The topological polar surface area (TPSA) is 17.1 Å². The van der Waals surface area contributed by atoms with Gasteiger partial charge in [-0.3, -0.25) is 4.79 Å². The molecule has 1 aromatic rings. The molecule has 3 atom stereocenters. The largest absolute Gasteiger partial charge is 0.300 e. The highest BCUT2D eigenvalue weighted by Gasteiger charge is 2.75. The van der Waals surface area contributed by atoms with E-state index in [-0.39, 0.29) is 0 Å². The van der Waals surface area contributed by atoms with Crippen molar-refractivity contribution in [2.24, 2.45) is 16.7 Å². The number of benzene rings is 1. The van der Waals surface area contributed by atoms with Gasteiger partial charge in [0.25, 0.3) is 0 Å². The molecule has 3 rings (SSSR count). The molecular weight excluding hydrogens is 256 g/mol. The van der Waals surface area contributed by atoms with Crippen LogP contribution >= 0.6 is 0 Å². The second-order valence-corrected chi connectivity index (χ2v) is 7.50.